The van der Waals surface area contributed by atoms with Gasteiger partial charge in [0.25, 0.3) is 0 Å². The van der Waals surface area contributed by atoms with Crippen LogP contribution in [0.1, 0.15) is 16.9 Å². The number of hydrogen-bond acceptors (Lipinski definition) is 4. The maximum Gasteiger partial charge on any atom is 0.190 e. The Hall–Kier alpha value is -1.42. The van der Waals surface area contributed by atoms with E-state index in [4.69, 9.17) is 9.47 Å². The summed E-state index contributed by atoms with van der Waals surface area (Å²) in [6.45, 7) is 1.16. The molecule has 0 aromatic carbocycles. The van der Waals surface area contributed by atoms with Crippen molar-refractivity contribution in [3.05, 3.63) is 24.0 Å². The molecule has 15 heavy (non-hydrogen) atoms. The molecule has 0 amide bonds. The first-order chi connectivity index (χ1) is 7.33. The van der Waals surface area contributed by atoms with Gasteiger partial charge in [-0.05, 0) is 18.6 Å². The van der Waals surface area contributed by atoms with Crippen LogP contribution in [-0.4, -0.2) is 31.1 Å². The van der Waals surface area contributed by atoms with Crippen molar-refractivity contribution in [2.75, 3.05) is 20.3 Å². The number of rotatable bonds is 3. The summed E-state index contributed by atoms with van der Waals surface area (Å²) in [7, 11) is 1.54. The minimum atomic E-state index is -0.0613. The van der Waals surface area contributed by atoms with Crippen molar-refractivity contribution in [1.82, 2.24) is 4.98 Å². The minimum absolute atomic E-state index is 0.0185. The number of hydrogen-bond donors (Lipinski definition) is 0. The van der Waals surface area contributed by atoms with E-state index in [0.29, 0.717) is 24.7 Å². The summed E-state index contributed by atoms with van der Waals surface area (Å²) < 4.78 is 10.3. The standard InChI is InChI=1S/C11H13NO3/c1-14-9-3-2-5-12-10(9)11(13)8-4-6-15-7-8/h2-3,5,8H,4,6-7H2,1H3. The first-order valence-electron chi connectivity index (χ1n) is 4.94. The lowest BCUT2D eigenvalue weighted by atomic mass is 10.0. The fraction of sp³-hybridized carbons (Fsp3) is 0.455. The molecule has 2 heterocycles. The molecule has 1 saturated heterocycles. The van der Waals surface area contributed by atoms with Crippen LogP contribution in [0.15, 0.2) is 18.3 Å². The Morgan fingerprint density at radius 3 is 3.20 bits per heavy atom. The molecule has 0 radical (unpaired) electrons. The summed E-state index contributed by atoms with van der Waals surface area (Å²) in [6, 6.07) is 3.50. The Balaban J connectivity index is 2.24. The van der Waals surface area contributed by atoms with E-state index in [9.17, 15) is 4.79 Å². The molecule has 1 aliphatic rings. The van der Waals surface area contributed by atoms with Gasteiger partial charge >= 0.3 is 0 Å². The average Bonchev–Trinajstić information content (AvgIpc) is 2.81. The summed E-state index contributed by atoms with van der Waals surface area (Å²) in [5.74, 6) is 0.494. The Kier molecular flexibility index (Phi) is 2.97. The van der Waals surface area contributed by atoms with Gasteiger partial charge in [-0.2, -0.15) is 0 Å². The molecule has 0 aliphatic carbocycles. The zero-order chi connectivity index (χ0) is 10.7. The monoisotopic (exact) mass is 207 g/mol. The zero-order valence-electron chi connectivity index (χ0n) is 8.60. The van der Waals surface area contributed by atoms with Crippen molar-refractivity contribution in [3.63, 3.8) is 0 Å². The first kappa shape index (κ1) is 10.1. The van der Waals surface area contributed by atoms with Crippen molar-refractivity contribution >= 4 is 5.78 Å². The summed E-state index contributed by atoms with van der Waals surface area (Å²) in [4.78, 5) is 16.1. The zero-order valence-corrected chi connectivity index (χ0v) is 8.60. The van der Waals surface area contributed by atoms with Gasteiger partial charge in [-0.1, -0.05) is 0 Å². The quantitative estimate of drug-likeness (QED) is 0.701. The number of ether oxygens (including phenoxy) is 2. The Morgan fingerprint density at radius 2 is 2.53 bits per heavy atom. The highest BCUT2D eigenvalue weighted by atomic mass is 16.5. The van der Waals surface area contributed by atoms with E-state index < -0.39 is 0 Å². The third-order valence-electron chi connectivity index (χ3n) is 2.52. The maximum atomic E-state index is 12.0. The van der Waals surface area contributed by atoms with Crippen LogP contribution >= 0.6 is 0 Å². The van der Waals surface area contributed by atoms with Crippen LogP contribution in [-0.2, 0) is 4.74 Å². The second-order valence-electron chi connectivity index (χ2n) is 3.48. The van der Waals surface area contributed by atoms with Crippen LogP contribution in [0, 0.1) is 5.92 Å². The van der Waals surface area contributed by atoms with Gasteiger partial charge < -0.3 is 9.47 Å². The topological polar surface area (TPSA) is 48.4 Å². The molecule has 1 aromatic heterocycles. The molecular formula is C11H13NO3. The van der Waals surface area contributed by atoms with Gasteiger partial charge in [0.2, 0.25) is 0 Å². The van der Waals surface area contributed by atoms with Gasteiger partial charge in [0, 0.05) is 18.7 Å². The van der Waals surface area contributed by atoms with E-state index in [2.05, 4.69) is 4.98 Å². The fourth-order valence-corrected chi connectivity index (χ4v) is 1.67. The van der Waals surface area contributed by atoms with Crippen molar-refractivity contribution in [1.29, 1.82) is 0 Å². The van der Waals surface area contributed by atoms with Crippen LogP contribution < -0.4 is 4.74 Å². The number of carbonyl (C=O) groups is 1. The van der Waals surface area contributed by atoms with Crippen molar-refractivity contribution < 1.29 is 14.3 Å². The van der Waals surface area contributed by atoms with Gasteiger partial charge in [0.15, 0.2) is 5.78 Å². The molecular weight excluding hydrogens is 194 g/mol. The van der Waals surface area contributed by atoms with E-state index in [1.807, 2.05) is 0 Å². The molecule has 1 aromatic rings. The Labute approximate surface area is 88.2 Å². The summed E-state index contributed by atoms with van der Waals surface area (Å²) in [5, 5.41) is 0. The van der Waals surface area contributed by atoms with Gasteiger partial charge in [-0.25, -0.2) is 4.98 Å². The number of nitrogens with zero attached hydrogens (tertiary/aromatic N) is 1. The lowest BCUT2D eigenvalue weighted by molar-refractivity contribution is 0.0892. The molecule has 1 atom stereocenters. The molecule has 1 fully saturated rings. The fourth-order valence-electron chi connectivity index (χ4n) is 1.67. The summed E-state index contributed by atoms with van der Waals surface area (Å²) in [6.07, 6.45) is 2.38. The summed E-state index contributed by atoms with van der Waals surface area (Å²) >= 11 is 0. The molecule has 1 unspecified atom stereocenters. The molecule has 1 aliphatic heterocycles. The van der Waals surface area contributed by atoms with Gasteiger partial charge in [-0.3, -0.25) is 4.79 Å². The lowest BCUT2D eigenvalue weighted by Crippen LogP contribution is -2.16. The Bertz CT molecular complexity index is 359. The smallest absolute Gasteiger partial charge is 0.190 e. The predicted molar refractivity (Wildman–Crippen MR) is 54.0 cm³/mol. The second kappa shape index (κ2) is 4.40. The molecule has 4 nitrogen and oxygen atoms in total. The minimum Gasteiger partial charge on any atom is -0.494 e. The highest BCUT2D eigenvalue weighted by Gasteiger charge is 2.27. The number of ketones is 1. The lowest BCUT2D eigenvalue weighted by Gasteiger charge is -2.09. The number of Topliss-reactive ketones (excluding diaryl/α,β-unsaturated/α-hetero) is 1. The second-order valence-corrected chi connectivity index (χ2v) is 3.48. The number of pyridine rings is 1. The molecule has 0 N–H and O–H groups in total. The summed E-state index contributed by atoms with van der Waals surface area (Å²) in [5.41, 5.74) is 0.413. The van der Waals surface area contributed by atoms with Gasteiger partial charge in [0.1, 0.15) is 11.4 Å². The van der Waals surface area contributed by atoms with E-state index >= 15 is 0 Å². The number of carbonyl (C=O) groups excluding carboxylic acids is 1. The van der Waals surface area contributed by atoms with Crippen LogP contribution in [0.3, 0.4) is 0 Å². The maximum absolute atomic E-state index is 12.0. The molecule has 0 spiro atoms. The Morgan fingerprint density at radius 1 is 1.67 bits per heavy atom. The van der Waals surface area contributed by atoms with Crippen molar-refractivity contribution in [3.8, 4) is 5.75 Å². The van der Waals surface area contributed by atoms with Crippen LogP contribution in [0.25, 0.3) is 0 Å². The molecule has 80 valence electrons. The van der Waals surface area contributed by atoms with Crippen LogP contribution in [0.5, 0.6) is 5.75 Å². The van der Waals surface area contributed by atoms with Crippen molar-refractivity contribution in [2.45, 2.75) is 6.42 Å². The number of aromatic nitrogens is 1. The normalized spacial score (nSPS) is 20.2. The highest BCUT2D eigenvalue weighted by molar-refractivity contribution is 5.98. The number of methoxy groups -OCH3 is 1. The van der Waals surface area contributed by atoms with Gasteiger partial charge in [0.05, 0.1) is 13.7 Å². The third kappa shape index (κ3) is 1.99. The predicted octanol–water partition coefficient (Wildman–Crippen LogP) is 1.31. The van der Waals surface area contributed by atoms with E-state index in [1.54, 1.807) is 25.4 Å². The SMILES string of the molecule is COc1cccnc1C(=O)C1CCOC1. The molecule has 0 bridgehead atoms. The van der Waals surface area contributed by atoms with E-state index in [1.165, 1.54) is 0 Å². The van der Waals surface area contributed by atoms with Crippen LogP contribution in [0.4, 0.5) is 0 Å². The van der Waals surface area contributed by atoms with E-state index in [0.717, 1.165) is 6.42 Å². The third-order valence-corrected chi connectivity index (χ3v) is 2.52. The largest absolute Gasteiger partial charge is 0.494 e. The van der Waals surface area contributed by atoms with Crippen molar-refractivity contribution in [2.24, 2.45) is 5.92 Å². The van der Waals surface area contributed by atoms with E-state index in [-0.39, 0.29) is 11.7 Å². The first-order valence-corrected chi connectivity index (χ1v) is 4.94. The molecule has 2 rings (SSSR count). The average molecular weight is 207 g/mol. The highest BCUT2D eigenvalue weighted by Crippen LogP contribution is 2.22. The van der Waals surface area contributed by atoms with Crippen LogP contribution in [0.2, 0.25) is 0 Å². The molecule has 4 heteroatoms. The van der Waals surface area contributed by atoms with Gasteiger partial charge in [-0.15, -0.1) is 0 Å². The molecule has 0 saturated carbocycles.